The third kappa shape index (κ3) is 3.47. The van der Waals surface area contributed by atoms with Crippen LogP contribution in [-0.2, 0) is 20.0 Å². The summed E-state index contributed by atoms with van der Waals surface area (Å²) in [6.07, 6.45) is 1.82. The molecule has 21 heavy (non-hydrogen) atoms. The molecule has 116 valence electrons. The second-order valence-electron chi connectivity index (χ2n) is 5.75. The van der Waals surface area contributed by atoms with Gasteiger partial charge in [0.2, 0.25) is 0 Å². The fourth-order valence-corrected chi connectivity index (χ4v) is 2.69. The number of rotatable bonds is 6. The van der Waals surface area contributed by atoms with Gasteiger partial charge in [-0.2, -0.15) is 5.10 Å². The Hall–Kier alpha value is -1.75. The Bertz CT molecular complexity index is 599. The average molecular weight is 290 g/mol. The van der Waals surface area contributed by atoms with Crippen molar-refractivity contribution in [2.75, 3.05) is 11.9 Å². The van der Waals surface area contributed by atoms with E-state index in [4.69, 9.17) is 10.2 Å². The molecule has 0 fully saturated rings. The van der Waals surface area contributed by atoms with Crippen LogP contribution in [0.2, 0.25) is 0 Å². The number of hydrogen-bond donors (Lipinski definition) is 1. The van der Waals surface area contributed by atoms with Crippen molar-refractivity contribution in [1.29, 1.82) is 0 Å². The summed E-state index contributed by atoms with van der Waals surface area (Å²) >= 11 is 0. The quantitative estimate of drug-likeness (QED) is 0.888. The molecule has 2 aromatic rings. The predicted molar refractivity (Wildman–Crippen MR) is 85.5 cm³/mol. The number of aromatic nitrogens is 2. The second-order valence-corrected chi connectivity index (χ2v) is 5.75. The second kappa shape index (κ2) is 6.35. The summed E-state index contributed by atoms with van der Waals surface area (Å²) in [6.45, 7) is 6.85. The molecule has 2 aromatic heterocycles. The van der Waals surface area contributed by atoms with Crippen LogP contribution in [0.3, 0.4) is 0 Å². The zero-order chi connectivity index (χ0) is 15.6. The van der Waals surface area contributed by atoms with Crippen LogP contribution in [0.5, 0.6) is 0 Å². The lowest BCUT2D eigenvalue weighted by molar-refractivity contribution is 0.480. The first kappa shape index (κ1) is 15.6. The average Bonchev–Trinajstić information content (AvgIpc) is 2.93. The molecule has 5 heteroatoms. The van der Waals surface area contributed by atoms with Crippen LogP contribution in [-0.4, -0.2) is 22.9 Å². The summed E-state index contributed by atoms with van der Waals surface area (Å²) in [6, 6.07) is 4.18. The number of nitrogens with two attached hydrogens (primary N) is 1. The van der Waals surface area contributed by atoms with Gasteiger partial charge in [0.15, 0.2) is 0 Å². The highest BCUT2D eigenvalue weighted by atomic mass is 16.3. The van der Waals surface area contributed by atoms with Crippen molar-refractivity contribution < 1.29 is 4.42 Å². The SMILES string of the molecule is CCC(N)Cc1c(C)nn(C)c1N(C)Cc1ccc(C)o1. The van der Waals surface area contributed by atoms with E-state index in [0.717, 1.165) is 42.4 Å². The van der Waals surface area contributed by atoms with E-state index < -0.39 is 0 Å². The smallest absolute Gasteiger partial charge is 0.130 e. The van der Waals surface area contributed by atoms with Crippen LogP contribution < -0.4 is 10.6 Å². The monoisotopic (exact) mass is 290 g/mol. The van der Waals surface area contributed by atoms with E-state index in [9.17, 15) is 0 Å². The van der Waals surface area contributed by atoms with Gasteiger partial charge in [0, 0.05) is 25.7 Å². The van der Waals surface area contributed by atoms with Crippen molar-refractivity contribution in [2.24, 2.45) is 12.8 Å². The molecule has 0 radical (unpaired) electrons. The van der Waals surface area contributed by atoms with E-state index in [-0.39, 0.29) is 6.04 Å². The number of hydrogen-bond acceptors (Lipinski definition) is 4. The summed E-state index contributed by atoms with van der Waals surface area (Å²) in [5.74, 6) is 3.01. The Balaban J connectivity index is 2.25. The van der Waals surface area contributed by atoms with E-state index in [0.29, 0.717) is 0 Å². The molecular weight excluding hydrogens is 264 g/mol. The molecule has 0 aliphatic carbocycles. The number of furan rings is 1. The molecule has 2 rings (SSSR count). The first-order chi connectivity index (χ1) is 9.92. The van der Waals surface area contributed by atoms with Gasteiger partial charge in [-0.1, -0.05) is 6.92 Å². The number of anilines is 1. The molecule has 0 saturated carbocycles. The molecule has 0 aliphatic rings. The summed E-state index contributed by atoms with van der Waals surface area (Å²) < 4.78 is 7.60. The Kier molecular flexibility index (Phi) is 4.73. The Morgan fingerprint density at radius 1 is 1.38 bits per heavy atom. The molecule has 0 amide bonds. The van der Waals surface area contributed by atoms with Crippen LogP contribution in [0.1, 0.15) is 36.1 Å². The zero-order valence-corrected chi connectivity index (χ0v) is 13.7. The highest BCUT2D eigenvalue weighted by Crippen LogP contribution is 2.25. The third-order valence-electron chi connectivity index (χ3n) is 3.85. The van der Waals surface area contributed by atoms with Crippen molar-refractivity contribution in [3.05, 3.63) is 34.9 Å². The molecular formula is C16H26N4O. The minimum atomic E-state index is 0.172. The lowest BCUT2D eigenvalue weighted by Gasteiger charge is -2.21. The van der Waals surface area contributed by atoms with Gasteiger partial charge in [0.25, 0.3) is 0 Å². The molecule has 0 spiro atoms. The van der Waals surface area contributed by atoms with Gasteiger partial charge < -0.3 is 15.1 Å². The predicted octanol–water partition coefficient (Wildman–Crippen LogP) is 2.55. The van der Waals surface area contributed by atoms with E-state index in [1.54, 1.807) is 0 Å². The molecule has 2 heterocycles. The molecule has 1 atom stereocenters. The standard InChI is InChI=1S/C16H26N4O/c1-6-13(17)9-15-12(3)18-20(5)16(15)19(4)10-14-8-7-11(2)21-14/h7-8,13H,6,9-10,17H2,1-5H3. The van der Waals surface area contributed by atoms with Gasteiger partial charge >= 0.3 is 0 Å². The van der Waals surface area contributed by atoms with Gasteiger partial charge in [-0.25, -0.2) is 0 Å². The molecule has 0 saturated heterocycles. The summed E-state index contributed by atoms with van der Waals surface area (Å²) in [5, 5.41) is 4.56. The van der Waals surface area contributed by atoms with Crippen LogP contribution in [0.4, 0.5) is 5.82 Å². The van der Waals surface area contributed by atoms with E-state index in [1.807, 2.05) is 37.7 Å². The van der Waals surface area contributed by atoms with Gasteiger partial charge in [-0.15, -0.1) is 0 Å². The van der Waals surface area contributed by atoms with Crippen molar-refractivity contribution in [3.8, 4) is 0 Å². The Labute approximate surface area is 126 Å². The summed E-state index contributed by atoms with van der Waals surface area (Å²) in [5.41, 5.74) is 8.42. The first-order valence-electron chi connectivity index (χ1n) is 7.46. The maximum atomic E-state index is 6.13. The van der Waals surface area contributed by atoms with Gasteiger partial charge in [0.05, 0.1) is 12.2 Å². The van der Waals surface area contributed by atoms with Gasteiger partial charge in [-0.05, 0) is 38.8 Å². The maximum absolute atomic E-state index is 6.13. The Morgan fingerprint density at radius 2 is 2.10 bits per heavy atom. The molecule has 0 aliphatic heterocycles. The number of nitrogens with zero attached hydrogens (tertiary/aromatic N) is 3. The third-order valence-corrected chi connectivity index (χ3v) is 3.85. The van der Waals surface area contributed by atoms with Crippen molar-refractivity contribution in [2.45, 2.75) is 46.2 Å². The van der Waals surface area contributed by atoms with Crippen LogP contribution in [0, 0.1) is 13.8 Å². The summed E-state index contributed by atoms with van der Waals surface area (Å²) in [7, 11) is 4.04. The lowest BCUT2D eigenvalue weighted by atomic mass is 10.0. The topological polar surface area (TPSA) is 60.2 Å². The largest absolute Gasteiger partial charge is 0.464 e. The van der Waals surface area contributed by atoms with Crippen molar-refractivity contribution >= 4 is 5.82 Å². The fraction of sp³-hybridized carbons (Fsp3) is 0.562. The lowest BCUT2D eigenvalue weighted by Crippen LogP contribution is -2.25. The molecule has 0 bridgehead atoms. The van der Waals surface area contributed by atoms with Gasteiger partial charge in [0.1, 0.15) is 17.3 Å². The van der Waals surface area contributed by atoms with Crippen molar-refractivity contribution in [1.82, 2.24) is 9.78 Å². The maximum Gasteiger partial charge on any atom is 0.130 e. The van der Waals surface area contributed by atoms with Crippen molar-refractivity contribution in [3.63, 3.8) is 0 Å². The molecule has 1 unspecified atom stereocenters. The minimum Gasteiger partial charge on any atom is -0.464 e. The first-order valence-corrected chi connectivity index (χ1v) is 7.46. The van der Waals surface area contributed by atoms with Crippen LogP contribution in [0.15, 0.2) is 16.5 Å². The van der Waals surface area contributed by atoms with Crippen LogP contribution in [0.25, 0.3) is 0 Å². The molecule has 0 aromatic carbocycles. The highest BCUT2D eigenvalue weighted by Gasteiger charge is 2.19. The number of aryl methyl sites for hydroxylation is 3. The Morgan fingerprint density at radius 3 is 2.67 bits per heavy atom. The molecule has 5 nitrogen and oxygen atoms in total. The normalized spacial score (nSPS) is 12.7. The highest BCUT2D eigenvalue weighted by molar-refractivity contribution is 5.50. The molecule has 2 N–H and O–H groups in total. The van der Waals surface area contributed by atoms with E-state index in [2.05, 4.69) is 24.0 Å². The van der Waals surface area contributed by atoms with Gasteiger partial charge in [-0.3, -0.25) is 4.68 Å². The zero-order valence-electron chi connectivity index (χ0n) is 13.7. The minimum absolute atomic E-state index is 0.172. The van der Waals surface area contributed by atoms with E-state index >= 15 is 0 Å². The van der Waals surface area contributed by atoms with E-state index in [1.165, 1.54) is 5.56 Å². The van der Waals surface area contributed by atoms with Crippen LogP contribution >= 0.6 is 0 Å². The summed E-state index contributed by atoms with van der Waals surface area (Å²) in [4.78, 5) is 2.18. The fourth-order valence-electron chi connectivity index (χ4n) is 2.69.